The van der Waals surface area contributed by atoms with Crippen LogP contribution in [-0.2, 0) is 27.0 Å². The van der Waals surface area contributed by atoms with Crippen LogP contribution in [0.5, 0.6) is 0 Å². The maximum Gasteiger partial charge on any atom is 0.355 e. The van der Waals surface area contributed by atoms with Gasteiger partial charge in [-0.1, -0.05) is 40.7 Å². The van der Waals surface area contributed by atoms with Crippen LogP contribution in [0.3, 0.4) is 0 Å². The number of hydrogen-bond acceptors (Lipinski definition) is 6. The van der Waals surface area contributed by atoms with Crippen molar-refractivity contribution in [2.45, 2.75) is 76.1 Å². The molecule has 6 atom stereocenters. The summed E-state index contributed by atoms with van der Waals surface area (Å²) in [5.41, 5.74) is 1.63. The van der Waals surface area contributed by atoms with Crippen molar-refractivity contribution in [2.75, 3.05) is 31.2 Å². The molecule has 0 saturated carbocycles. The number of piperazine rings is 1. The predicted molar refractivity (Wildman–Crippen MR) is 184 cm³/mol. The summed E-state index contributed by atoms with van der Waals surface area (Å²) in [4.78, 5) is 24.6. The van der Waals surface area contributed by atoms with Crippen LogP contribution >= 0.6 is 11.6 Å². The van der Waals surface area contributed by atoms with Crippen molar-refractivity contribution in [1.29, 1.82) is 0 Å². The van der Waals surface area contributed by atoms with Crippen LogP contribution in [0.25, 0.3) is 4.85 Å². The highest BCUT2D eigenvalue weighted by atomic mass is 35.5. The van der Waals surface area contributed by atoms with E-state index in [1.54, 1.807) is 30.5 Å². The van der Waals surface area contributed by atoms with Crippen molar-refractivity contribution in [2.24, 2.45) is 10.9 Å². The fourth-order valence-corrected chi connectivity index (χ4v) is 6.80. The van der Waals surface area contributed by atoms with Gasteiger partial charge in [0.05, 0.1) is 12.0 Å². The Morgan fingerprint density at radius 1 is 1.28 bits per heavy atom. The molecule has 9 nitrogen and oxygen atoms in total. The molecule has 0 radical (unpaired) electrons. The molecule has 2 aromatic carbocycles. The highest BCUT2D eigenvalue weighted by Crippen LogP contribution is 2.37. The Morgan fingerprint density at radius 2 is 2.04 bits per heavy atom. The molecule has 1 saturated heterocycles. The molecule has 4 rings (SSSR count). The molecule has 6 unspecified atom stereocenters. The number of anilines is 1. The summed E-state index contributed by atoms with van der Waals surface area (Å²) in [6.45, 7) is 11.3. The molecule has 2 heterocycles. The van der Waals surface area contributed by atoms with Crippen molar-refractivity contribution in [3.8, 4) is 6.57 Å². The highest BCUT2D eigenvalue weighted by Gasteiger charge is 2.43. The van der Waals surface area contributed by atoms with E-state index in [1.165, 1.54) is 6.07 Å². The van der Waals surface area contributed by atoms with Crippen LogP contribution < -0.4 is 10.6 Å². The summed E-state index contributed by atoms with van der Waals surface area (Å²) in [5.74, 6) is -0.670. The number of carbonyl (C=O) groups excluding carboxylic acids is 1. The van der Waals surface area contributed by atoms with Gasteiger partial charge in [-0.3, -0.25) is 4.79 Å². The Hall–Kier alpha value is -3.14. The van der Waals surface area contributed by atoms with Crippen molar-refractivity contribution >= 4 is 40.2 Å². The van der Waals surface area contributed by atoms with Crippen LogP contribution in [0.2, 0.25) is 5.02 Å². The van der Waals surface area contributed by atoms with Gasteiger partial charge in [-0.05, 0) is 76.4 Å². The second-order valence-corrected chi connectivity index (χ2v) is 13.7. The second-order valence-electron chi connectivity index (χ2n) is 12.2. The number of allylic oxidation sites excluding steroid dienone is 1. The number of rotatable bonds is 13. The number of ether oxygens (including phenoxy) is 1. The number of benzene rings is 2. The van der Waals surface area contributed by atoms with Crippen molar-refractivity contribution in [1.82, 2.24) is 10.2 Å². The van der Waals surface area contributed by atoms with Gasteiger partial charge in [0.1, 0.15) is 5.82 Å². The Morgan fingerprint density at radius 3 is 2.72 bits per heavy atom. The van der Waals surface area contributed by atoms with Crippen LogP contribution in [-0.4, -0.2) is 75.6 Å². The quantitative estimate of drug-likeness (QED) is 0.222. The first-order valence-corrected chi connectivity index (χ1v) is 17.4. The minimum Gasteiger partial charge on any atom is -0.478 e. The van der Waals surface area contributed by atoms with E-state index in [-0.39, 0.29) is 29.9 Å². The maximum atomic E-state index is 15.3. The van der Waals surface area contributed by atoms with E-state index in [4.69, 9.17) is 27.5 Å². The van der Waals surface area contributed by atoms with E-state index in [0.29, 0.717) is 47.9 Å². The number of halogens is 2. The monoisotopic (exact) mass is 672 g/mol. The zero-order valence-electron chi connectivity index (χ0n) is 26.6. The molecule has 46 heavy (non-hydrogen) atoms. The number of amides is 1. The Labute approximate surface area is 278 Å². The van der Waals surface area contributed by atoms with E-state index >= 15 is 4.39 Å². The van der Waals surface area contributed by atoms with Crippen molar-refractivity contribution in [3.05, 3.63) is 81.6 Å². The van der Waals surface area contributed by atoms with Gasteiger partial charge < -0.3 is 24.8 Å². The molecule has 1 amide bonds. The van der Waals surface area contributed by atoms with E-state index in [9.17, 15) is 9.00 Å². The summed E-state index contributed by atoms with van der Waals surface area (Å²) in [6, 6.07) is 11.3. The molecule has 2 aliphatic heterocycles. The third-order valence-corrected chi connectivity index (χ3v) is 9.46. The number of hydrogen-bond donors (Lipinski definition) is 3. The maximum absolute atomic E-state index is 15.3. The first-order chi connectivity index (χ1) is 22.0. The topological polar surface area (TPSA) is 108 Å². The second kappa shape index (κ2) is 17.1. The van der Waals surface area contributed by atoms with Crippen LogP contribution in [0.15, 0.2) is 59.7 Å². The molecular formula is C34H44ClFN5O4S+. The Kier molecular flexibility index (Phi) is 13.3. The van der Waals surface area contributed by atoms with E-state index in [2.05, 4.69) is 25.4 Å². The molecule has 0 bridgehead atoms. The first-order valence-electron chi connectivity index (χ1n) is 15.7. The Balaban J connectivity index is 1.48. The standard InChI is InChI=1S/C34H43ClFN5O4S/c1-22(2)45-31-19-24(16-17-38-31)32(23-10-12-25(35)13-11-23)33(37-3)34(42)40-30-9-5-8-29(36)28(30)15-14-26-21-41(4)27(20-39-26)7-6-18-46(43)44/h3,5,8-13,16-17,22,24,26-27,32-33,39H,6-7,14-15,18-21H2,1-2,4H3,(H-,40,42,43,44)/p+1. The molecule has 2 aromatic rings. The molecule has 12 heteroatoms. The van der Waals surface area contributed by atoms with Gasteiger partial charge in [0.2, 0.25) is 0 Å². The molecule has 1 fully saturated rings. The number of aliphatic imine (C=N–C) groups is 1. The van der Waals surface area contributed by atoms with E-state index < -0.39 is 34.8 Å². The summed E-state index contributed by atoms with van der Waals surface area (Å²) < 4.78 is 41.2. The number of likely N-dealkylation sites (N-methyl/N-ethyl adjacent to an activating group) is 1. The molecule has 0 spiro atoms. The lowest BCUT2D eigenvalue weighted by Gasteiger charge is -2.38. The molecule has 3 N–H and O–H groups in total. The third kappa shape index (κ3) is 9.93. The summed E-state index contributed by atoms with van der Waals surface area (Å²) in [5, 5.41) is 7.05. The first kappa shape index (κ1) is 35.7. The zero-order chi connectivity index (χ0) is 33.2. The van der Waals surface area contributed by atoms with Crippen LogP contribution in [0, 0.1) is 18.3 Å². The predicted octanol–water partition coefficient (Wildman–Crippen LogP) is 6.10. The summed E-state index contributed by atoms with van der Waals surface area (Å²) >= 11 is 4.41. The smallest absolute Gasteiger partial charge is 0.355 e. The van der Waals surface area contributed by atoms with Gasteiger partial charge in [-0.2, -0.15) is 0 Å². The average molecular weight is 673 g/mol. The number of nitrogens with zero attached hydrogens (tertiary/aromatic N) is 3. The van der Waals surface area contributed by atoms with Gasteiger partial charge >= 0.3 is 11.9 Å². The molecule has 0 aliphatic carbocycles. The summed E-state index contributed by atoms with van der Waals surface area (Å²) in [7, 11) is 2.04. The average Bonchev–Trinajstić information content (AvgIpc) is 3.00. The van der Waals surface area contributed by atoms with Gasteiger partial charge in [0, 0.05) is 65.7 Å². The Bertz CT molecular complexity index is 1460. The fourth-order valence-electron chi connectivity index (χ4n) is 6.26. The van der Waals surface area contributed by atoms with Gasteiger partial charge in [0.15, 0.2) is 17.0 Å². The lowest BCUT2D eigenvalue weighted by atomic mass is 9.78. The SMILES string of the molecule is C#[N+]C(C(=O)Nc1cccc(F)c1CCC1CN(C)C(CCCS(=O)O)CN1)C(c1ccc(Cl)cc1)C1C=CN=C(OC(C)C)C1. The minimum absolute atomic E-state index is 0.0555. The zero-order valence-corrected chi connectivity index (χ0v) is 28.1. The van der Waals surface area contributed by atoms with Gasteiger partial charge in [0.25, 0.3) is 6.57 Å². The van der Waals surface area contributed by atoms with Crippen LogP contribution in [0.1, 0.15) is 56.6 Å². The van der Waals surface area contributed by atoms with E-state index in [1.807, 2.05) is 39.1 Å². The van der Waals surface area contributed by atoms with Gasteiger partial charge in [-0.15, -0.1) is 0 Å². The lowest BCUT2D eigenvalue weighted by Crippen LogP contribution is -2.55. The number of carbonyl (C=O) groups is 1. The molecule has 248 valence electrons. The van der Waals surface area contributed by atoms with Crippen molar-refractivity contribution in [3.63, 3.8) is 0 Å². The lowest BCUT2D eigenvalue weighted by molar-refractivity contribution is -0.117. The number of nitrogens with one attached hydrogen (secondary N) is 2. The minimum atomic E-state index is -1.78. The van der Waals surface area contributed by atoms with Gasteiger partial charge in [-0.25, -0.2) is 13.6 Å². The largest absolute Gasteiger partial charge is 0.478 e. The molecule has 0 aromatic heterocycles. The summed E-state index contributed by atoms with van der Waals surface area (Å²) in [6.07, 6.45) is 6.58. The third-order valence-electron chi connectivity index (χ3n) is 8.57. The highest BCUT2D eigenvalue weighted by molar-refractivity contribution is 7.79. The van der Waals surface area contributed by atoms with E-state index in [0.717, 1.165) is 25.1 Å². The van der Waals surface area contributed by atoms with Crippen LogP contribution in [0.4, 0.5) is 10.1 Å². The molecular weight excluding hydrogens is 629 g/mol. The molecule has 2 aliphatic rings. The van der Waals surface area contributed by atoms with Crippen molar-refractivity contribution < 1.29 is 22.7 Å². The fraction of sp³-hybridized carbons (Fsp3) is 0.500. The normalized spacial score (nSPS) is 22.0.